The first-order valence-corrected chi connectivity index (χ1v) is 8.51. The molecule has 3 unspecified atom stereocenters. The van der Waals surface area contributed by atoms with E-state index in [1.165, 1.54) is 24.3 Å². The zero-order chi connectivity index (χ0) is 16.4. The molecule has 2 nitrogen and oxygen atoms in total. The molecule has 2 heteroatoms. The summed E-state index contributed by atoms with van der Waals surface area (Å²) in [6.07, 6.45) is 3.58. The van der Waals surface area contributed by atoms with Crippen LogP contribution in [0.3, 0.4) is 0 Å². The van der Waals surface area contributed by atoms with Crippen LogP contribution < -0.4 is 0 Å². The molecule has 1 fully saturated rings. The summed E-state index contributed by atoms with van der Waals surface area (Å²) in [5.41, 5.74) is 2.91. The minimum absolute atomic E-state index is 0.178. The van der Waals surface area contributed by atoms with E-state index in [1.54, 1.807) is 0 Å². The number of nitrogens with zero attached hydrogens (tertiary/aromatic N) is 2. The van der Waals surface area contributed by atoms with Crippen molar-refractivity contribution in [2.45, 2.75) is 93.7 Å². The van der Waals surface area contributed by atoms with E-state index in [0.717, 1.165) is 6.42 Å². The van der Waals surface area contributed by atoms with Gasteiger partial charge < -0.3 is 0 Å². The lowest BCUT2D eigenvalue weighted by molar-refractivity contribution is 0.300. The summed E-state index contributed by atoms with van der Waals surface area (Å²) in [6.45, 7) is 20.2. The minimum atomic E-state index is 0.178. The zero-order valence-electron chi connectivity index (χ0n) is 15.7. The predicted octanol–water partition coefficient (Wildman–Crippen LogP) is 5.56. The monoisotopic (exact) mass is 292 g/mol. The van der Waals surface area contributed by atoms with E-state index in [9.17, 15) is 0 Å². The maximum atomic E-state index is 5.06. The fraction of sp³-hybridized carbons (Fsp3) is 0.895. The first-order valence-electron chi connectivity index (χ1n) is 8.51. The van der Waals surface area contributed by atoms with Gasteiger partial charge in [0.2, 0.25) is 0 Å². The maximum Gasteiger partial charge on any atom is 0.0545 e. The maximum absolute atomic E-state index is 5.06. The zero-order valence-corrected chi connectivity index (χ0v) is 15.7. The summed E-state index contributed by atoms with van der Waals surface area (Å²) in [4.78, 5) is 10.1. The van der Waals surface area contributed by atoms with Crippen LogP contribution in [0.2, 0.25) is 0 Å². The van der Waals surface area contributed by atoms with Crippen LogP contribution in [0.15, 0.2) is 9.98 Å². The number of rotatable bonds is 2. The summed E-state index contributed by atoms with van der Waals surface area (Å²) in [7, 11) is 0. The molecule has 1 rings (SSSR count). The van der Waals surface area contributed by atoms with Gasteiger partial charge in [0.1, 0.15) is 0 Å². The number of hydrogen-bond donors (Lipinski definition) is 0. The largest absolute Gasteiger partial charge is 0.290 e. The molecule has 0 aliphatic heterocycles. The lowest BCUT2D eigenvalue weighted by Crippen LogP contribution is -2.32. The van der Waals surface area contributed by atoms with E-state index in [2.05, 4.69) is 62.3 Å². The predicted molar refractivity (Wildman–Crippen MR) is 95.7 cm³/mol. The highest BCUT2D eigenvalue weighted by Gasteiger charge is 2.29. The molecule has 0 amide bonds. The third-order valence-electron chi connectivity index (χ3n) is 5.03. The van der Waals surface area contributed by atoms with Gasteiger partial charge in [0, 0.05) is 11.4 Å². The number of aliphatic imine (C=N–C) groups is 2. The van der Waals surface area contributed by atoms with Crippen molar-refractivity contribution in [3.63, 3.8) is 0 Å². The van der Waals surface area contributed by atoms with Crippen molar-refractivity contribution in [2.75, 3.05) is 0 Å². The summed E-state index contributed by atoms with van der Waals surface area (Å²) in [6, 6.07) is 0.904. The van der Waals surface area contributed by atoms with Crippen LogP contribution in [-0.2, 0) is 0 Å². The van der Waals surface area contributed by atoms with Crippen molar-refractivity contribution in [3.8, 4) is 0 Å². The molecular formula is C19H36N2. The fourth-order valence-corrected chi connectivity index (χ4v) is 2.48. The highest BCUT2D eigenvalue weighted by Crippen LogP contribution is 2.31. The van der Waals surface area contributed by atoms with Crippen molar-refractivity contribution >= 4 is 11.4 Å². The molecule has 0 N–H and O–H groups in total. The van der Waals surface area contributed by atoms with Gasteiger partial charge in [0.25, 0.3) is 0 Å². The molecule has 1 aliphatic carbocycles. The first-order chi connectivity index (χ1) is 9.41. The molecule has 1 saturated carbocycles. The van der Waals surface area contributed by atoms with E-state index < -0.39 is 0 Å². The second-order valence-electron chi connectivity index (χ2n) is 8.94. The van der Waals surface area contributed by atoms with Crippen molar-refractivity contribution in [1.82, 2.24) is 0 Å². The lowest BCUT2D eigenvalue weighted by atomic mass is 9.82. The standard InChI is InChI=1S/C19H36N2/c1-13-10-11-16(20-14(2)18(4,5)6)12-17(13)21-15(3)19(7,8)9/h13,16-17H,10-12H2,1-9H3. The molecule has 0 bridgehead atoms. The Balaban J connectivity index is 2.85. The molecule has 0 aromatic rings. The Bertz CT molecular complexity index is 404. The molecule has 21 heavy (non-hydrogen) atoms. The van der Waals surface area contributed by atoms with Crippen LogP contribution >= 0.6 is 0 Å². The highest BCUT2D eigenvalue weighted by atomic mass is 14.9. The van der Waals surface area contributed by atoms with Crippen molar-refractivity contribution in [3.05, 3.63) is 0 Å². The molecule has 0 spiro atoms. The lowest BCUT2D eigenvalue weighted by Gasteiger charge is -2.33. The van der Waals surface area contributed by atoms with Gasteiger partial charge in [0.15, 0.2) is 0 Å². The van der Waals surface area contributed by atoms with Crippen LogP contribution in [0.4, 0.5) is 0 Å². The Kier molecular flexibility index (Phi) is 5.80. The quantitative estimate of drug-likeness (QED) is 0.595. The second-order valence-corrected chi connectivity index (χ2v) is 8.94. The van der Waals surface area contributed by atoms with Gasteiger partial charge in [-0.05, 0) is 49.9 Å². The van der Waals surface area contributed by atoms with Crippen molar-refractivity contribution in [1.29, 1.82) is 0 Å². The Labute approximate surface area is 132 Å². The summed E-state index contributed by atoms with van der Waals surface area (Å²) in [5, 5.41) is 0. The molecule has 1 aliphatic rings. The van der Waals surface area contributed by atoms with Crippen molar-refractivity contribution < 1.29 is 0 Å². The molecule has 0 aromatic carbocycles. The Hall–Kier alpha value is -0.660. The van der Waals surface area contributed by atoms with Crippen LogP contribution in [0.1, 0.15) is 81.6 Å². The summed E-state index contributed by atoms with van der Waals surface area (Å²) >= 11 is 0. The Morgan fingerprint density at radius 3 is 1.76 bits per heavy atom. The topological polar surface area (TPSA) is 24.7 Å². The van der Waals surface area contributed by atoms with Crippen molar-refractivity contribution in [2.24, 2.45) is 26.7 Å². The fourth-order valence-electron chi connectivity index (χ4n) is 2.48. The normalized spacial score (nSPS) is 29.7. The van der Waals surface area contributed by atoms with E-state index in [1.807, 2.05) is 0 Å². The van der Waals surface area contributed by atoms with Gasteiger partial charge in [-0.25, -0.2) is 0 Å². The van der Waals surface area contributed by atoms with Crippen LogP contribution in [0.25, 0.3) is 0 Å². The third kappa shape index (κ3) is 5.56. The summed E-state index contributed by atoms with van der Waals surface area (Å²) < 4.78 is 0. The first kappa shape index (κ1) is 18.4. The second kappa shape index (κ2) is 6.62. The smallest absolute Gasteiger partial charge is 0.0545 e. The van der Waals surface area contributed by atoms with Gasteiger partial charge in [-0.3, -0.25) is 9.98 Å². The van der Waals surface area contributed by atoms with Gasteiger partial charge >= 0.3 is 0 Å². The van der Waals surface area contributed by atoms with Crippen LogP contribution in [0.5, 0.6) is 0 Å². The molecule has 0 radical (unpaired) electrons. The summed E-state index contributed by atoms with van der Waals surface area (Å²) in [5.74, 6) is 0.684. The van der Waals surface area contributed by atoms with E-state index >= 15 is 0 Å². The Morgan fingerprint density at radius 1 is 0.810 bits per heavy atom. The minimum Gasteiger partial charge on any atom is -0.290 e. The van der Waals surface area contributed by atoms with E-state index in [4.69, 9.17) is 9.98 Å². The Morgan fingerprint density at radius 2 is 1.29 bits per heavy atom. The molecule has 0 aromatic heterocycles. The average molecular weight is 293 g/mol. The molecule has 0 heterocycles. The molecule has 0 saturated heterocycles. The van der Waals surface area contributed by atoms with Gasteiger partial charge in [-0.15, -0.1) is 0 Å². The van der Waals surface area contributed by atoms with Crippen LogP contribution in [-0.4, -0.2) is 23.5 Å². The van der Waals surface area contributed by atoms with E-state index in [0.29, 0.717) is 18.0 Å². The molecular weight excluding hydrogens is 256 g/mol. The SMILES string of the molecule is CC(=NC1CCC(C)C(N=C(C)C(C)(C)C)C1)C(C)(C)C. The number of hydrogen-bond acceptors (Lipinski definition) is 2. The van der Waals surface area contributed by atoms with Gasteiger partial charge in [-0.1, -0.05) is 48.5 Å². The van der Waals surface area contributed by atoms with Gasteiger partial charge in [-0.2, -0.15) is 0 Å². The highest BCUT2D eigenvalue weighted by molar-refractivity contribution is 5.87. The molecule has 122 valence electrons. The van der Waals surface area contributed by atoms with E-state index in [-0.39, 0.29) is 10.8 Å². The third-order valence-corrected chi connectivity index (χ3v) is 5.03. The molecule has 3 atom stereocenters. The average Bonchev–Trinajstić information content (AvgIpc) is 2.30. The van der Waals surface area contributed by atoms with Gasteiger partial charge in [0.05, 0.1) is 12.1 Å². The van der Waals surface area contributed by atoms with Crippen LogP contribution in [0, 0.1) is 16.7 Å².